The molecule has 29 heavy (non-hydrogen) atoms. The molecule has 1 fully saturated rings. The van der Waals surface area contributed by atoms with Gasteiger partial charge in [-0.1, -0.05) is 25.0 Å². The fraction of sp³-hybridized carbons (Fsp3) is 0.409. The van der Waals surface area contributed by atoms with E-state index in [1.807, 2.05) is 18.7 Å². The summed E-state index contributed by atoms with van der Waals surface area (Å²) >= 11 is 0. The van der Waals surface area contributed by atoms with Gasteiger partial charge in [0.2, 0.25) is 5.91 Å². The number of rotatable bonds is 7. The smallest absolute Gasteiger partial charge is 0.339 e. The number of benzene rings is 2. The van der Waals surface area contributed by atoms with Crippen LogP contribution in [0.5, 0.6) is 5.75 Å². The summed E-state index contributed by atoms with van der Waals surface area (Å²) in [6.45, 7) is 4.47. The molecule has 0 heterocycles. The maximum atomic E-state index is 13.0. The van der Waals surface area contributed by atoms with Crippen molar-refractivity contribution in [2.45, 2.75) is 57.0 Å². The van der Waals surface area contributed by atoms with Crippen molar-refractivity contribution in [1.29, 1.82) is 0 Å². The second-order valence-corrected chi connectivity index (χ2v) is 9.22. The standard InChI is InChI=1S/C22H26FNO4S/c1-16(2)24(22(25)18-5-3-4-6-18)15-17-7-11-20(12-8-17)28-29(26,27)21-13-9-19(23)10-14-21/h7-14,16,18H,3-6,15H2,1-2H3. The zero-order valence-electron chi connectivity index (χ0n) is 16.7. The van der Waals surface area contributed by atoms with Crippen LogP contribution in [0.1, 0.15) is 45.1 Å². The van der Waals surface area contributed by atoms with E-state index in [2.05, 4.69) is 0 Å². The maximum absolute atomic E-state index is 13.0. The summed E-state index contributed by atoms with van der Waals surface area (Å²) in [5, 5.41) is 0. The third kappa shape index (κ3) is 5.35. The molecule has 0 N–H and O–H groups in total. The lowest BCUT2D eigenvalue weighted by Gasteiger charge is -2.29. The van der Waals surface area contributed by atoms with Crippen LogP contribution in [0.4, 0.5) is 4.39 Å². The van der Waals surface area contributed by atoms with Crippen LogP contribution in [0.3, 0.4) is 0 Å². The van der Waals surface area contributed by atoms with Gasteiger partial charge in [0, 0.05) is 18.5 Å². The van der Waals surface area contributed by atoms with Gasteiger partial charge < -0.3 is 9.08 Å². The van der Waals surface area contributed by atoms with E-state index in [1.165, 1.54) is 0 Å². The summed E-state index contributed by atoms with van der Waals surface area (Å²) in [4.78, 5) is 14.6. The van der Waals surface area contributed by atoms with Gasteiger partial charge in [-0.05, 0) is 68.7 Å². The van der Waals surface area contributed by atoms with E-state index in [0.29, 0.717) is 6.54 Å². The Balaban J connectivity index is 1.68. The fourth-order valence-corrected chi connectivity index (χ4v) is 4.48. The first-order valence-electron chi connectivity index (χ1n) is 9.86. The lowest BCUT2D eigenvalue weighted by atomic mass is 10.0. The highest BCUT2D eigenvalue weighted by Gasteiger charge is 2.28. The van der Waals surface area contributed by atoms with Crippen molar-refractivity contribution in [2.75, 3.05) is 0 Å². The van der Waals surface area contributed by atoms with Gasteiger partial charge in [-0.2, -0.15) is 8.42 Å². The molecule has 0 aliphatic heterocycles. The van der Waals surface area contributed by atoms with Crippen LogP contribution >= 0.6 is 0 Å². The highest BCUT2D eigenvalue weighted by atomic mass is 32.2. The molecule has 5 nitrogen and oxygen atoms in total. The van der Waals surface area contributed by atoms with E-state index in [1.54, 1.807) is 24.3 Å². The first kappa shape index (κ1) is 21.3. The van der Waals surface area contributed by atoms with E-state index in [4.69, 9.17) is 4.18 Å². The Morgan fingerprint density at radius 1 is 1.07 bits per heavy atom. The highest BCUT2D eigenvalue weighted by molar-refractivity contribution is 7.87. The summed E-state index contributed by atoms with van der Waals surface area (Å²) < 4.78 is 42.7. The lowest BCUT2D eigenvalue weighted by molar-refractivity contribution is -0.137. The van der Waals surface area contributed by atoms with Crippen molar-refractivity contribution in [3.63, 3.8) is 0 Å². The average molecular weight is 420 g/mol. The summed E-state index contributed by atoms with van der Waals surface area (Å²) in [5.41, 5.74) is 0.900. The van der Waals surface area contributed by atoms with Crippen molar-refractivity contribution in [1.82, 2.24) is 4.90 Å². The van der Waals surface area contributed by atoms with Gasteiger partial charge in [-0.25, -0.2) is 4.39 Å². The van der Waals surface area contributed by atoms with Crippen molar-refractivity contribution in [2.24, 2.45) is 5.92 Å². The minimum atomic E-state index is -4.04. The molecule has 0 aromatic heterocycles. The molecule has 0 spiro atoms. The Hall–Kier alpha value is -2.41. The van der Waals surface area contributed by atoms with Crippen molar-refractivity contribution < 1.29 is 21.8 Å². The summed E-state index contributed by atoms with van der Waals surface area (Å²) in [7, 11) is -4.04. The van der Waals surface area contributed by atoms with Crippen molar-refractivity contribution in [3.8, 4) is 5.75 Å². The van der Waals surface area contributed by atoms with Crippen LogP contribution in [0.2, 0.25) is 0 Å². The van der Waals surface area contributed by atoms with E-state index in [9.17, 15) is 17.6 Å². The number of nitrogens with zero attached hydrogens (tertiary/aromatic N) is 1. The first-order valence-corrected chi connectivity index (χ1v) is 11.3. The van der Waals surface area contributed by atoms with Crippen molar-refractivity contribution >= 4 is 16.0 Å². The summed E-state index contributed by atoms with van der Waals surface area (Å²) in [5.74, 6) is -0.0518. The minimum absolute atomic E-state index is 0.0814. The number of halogens is 1. The van der Waals surface area contributed by atoms with E-state index >= 15 is 0 Å². The third-order valence-electron chi connectivity index (χ3n) is 5.20. The number of hydrogen-bond acceptors (Lipinski definition) is 4. The van der Waals surface area contributed by atoms with Gasteiger partial charge in [-0.3, -0.25) is 4.79 Å². The minimum Gasteiger partial charge on any atom is -0.379 e. The molecule has 1 aliphatic carbocycles. The Kier molecular flexibility index (Phi) is 6.57. The molecule has 156 valence electrons. The molecule has 0 unspecified atom stereocenters. The van der Waals surface area contributed by atoms with Gasteiger partial charge in [-0.15, -0.1) is 0 Å². The number of hydrogen-bond donors (Lipinski definition) is 0. The molecule has 1 saturated carbocycles. The predicted molar refractivity (Wildman–Crippen MR) is 108 cm³/mol. The molecule has 1 aliphatic rings. The first-order chi connectivity index (χ1) is 13.8. The van der Waals surface area contributed by atoms with Gasteiger partial charge in [0.05, 0.1) is 0 Å². The molecule has 0 saturated heterocycles. The third-order valence-corrected chi connectivity index (χ3v) is 6.46. The molecule has 0 bridgehead atoms. The zero-order valence-corrected chi connectivity index (χ0v) is 17.5. The normalized spacial score (nSPS) is 14.9. The second kappa shape index (κ2) is 8.95. The monoisotopic (exact) mass is 419 g/mol. The lowest BCUT2D eigenvalue weighted by Crippen LogP contribution is -2.39. The summed E-state index contributed by atoms with van der Waals surface area (Å²) in [6, 6.07) is 11.2. The fourth-order valence-electron chi connectivity index (χ4n) is 3.55. The zero-order chi connectivity index (χ0) is 21.0. The van der Waals surface area contributed by atoms with Crippen LogP contribution in [-0.4, -0.2) is 25.3 Å². The Morgan fingerprint density at radius 2 is 1.66 bits per heavy atom. The van der Waals surface area contributed by atoms with Crippen molar-refractivity contribution in [3.05, 3.63) is 59.9 Å². The summed E-state index contributed by atoms with van der Waals surface area (Å²) in [6.07, 6.45) is 4.12. The van der Waals surface area contributed by atoms with Crippen LogP contribution < -0.4 is 4.18 Å². The quantitative estimate of drug-likeness (QED) is 0.619. The largest absolute Gasteiger partial charge is 0.379 e. The van der Waals surface area contributed by atoms with Gasteiger partial charge >= 0.3 is 10.1 Å². The maximum Gasteiger partial charge on any atom is 0.339 e. The Morgan fingerprint density at radius 3 is 2.21 bits per heavy atom. The van der Waals surface area contributed by atoms with Crippen LogP contribution in [0.15, 0.2) is 53.4 Å². The van der Waals surface area contributed by atoms with E-state index in [-0.39, 0.29) is 28.5 Å². The second-order valence-electron chi connectivity index (χ2n) is 7.68. The van der Waals surface area contributed by atoms with Crippen LogP contribution in [0, 0.1) is 11.7 Å². The molecular formula is C22H26FNO4S. The Labute approximate surface area is 171 Å². The SMILES string of the molecule is CC(C)N(Cc1ccc(OS(=O)(=O)c2ccc(F)cc2)cc1)C(=O)C1CCCC1. The number of carbonyl (C=O) groups excluding carboxylic acids is 1. The highest BCUT2D eigenvalue weighted by Crippen LogP contribution is 2.28. The van der Waals surface area contributed by atoms with Gasteiger partial charge in [0.25, 0.3) is 0 Å². The molecule has 0 atom stereocenters. The predicted octanol–water partition coefficient (Wildman–Crippen LogP) is 4.52. The van der Waals surface area contributed by atoms with Crippen LogP contribution in [-0.2, 0) is 21.5 Å². The van der Waals surface area contributed by atoms with Crippen LogP contribution in [0.25, 0.3) is 0 Å². The Bertz CT molecular complexity index is 934. The molecular weight excluding hydrogens is 393 g/mol. The topological polar surface area (TPSA) is 63.7 Å². The van der Waals surface area contributed by atoms with Gasteiger partial charge in [0.15, 0.2) is 0 Å². The molecule has 2 aromatic carbocycles. The average Bonchev–Trinajstić information content (AvgIpc) is 3.21. The molecule has 1 amide bonds. The van der Waals surface area contributed by atoms with E-state index in [0.717, 1.165) is 55.5 Å². The number of amides is 1. The van der Waals surface area contributed by atoms with E-state index < -0.39 is 15.9 Å². The molecule has 0 radical (unpaired) electrons. The van der Waals surface area contributed by atoms with Gasteiger partial charge in [0.1, 0.15) is 16.5 Å². The number of carbonyl (C=O) groups is 1. The molecule has 7 heteroatoms. The molecule has 3 rings (SSSR count). The molecule has 2 aromatic rings.